The molecule has 1 aromatic carbocycles. The van der Waals surface area contributed by atoms with Gasteiger partial charge in [-0.15, -0.1) is 0 Å². The third kappa shape index (κ3) is 4.44. The van der Waals surface area contributed by atoms with Crippen molar-refractivity contribution < 1.29 is 23.5 Å². The van der Waals surface area contributed by atoms with Crippen LogP contribution in [0.1, 0.15) is 45.9 Å². The van der Waals surface area contributed by atoms with Gasteiger partial charge in [0, 0.05) is 17.3 Å². The maximum Gasteiger partial charge on any atom is 0.342 e. The van der Waals surface area contributed by atoms with Gasteiger partial charge in [0.05, 0.1) is 0 Å². The van der Waals surface area contributed by atoms with Crippen LogP contribution < -0.4 is 10.9 Å². The van der Waals surface area contributed by atoms with Crippen LogP contribution >= 0.6 is 0 Å². The van der Waals surface area contributed by atoms with Gasteiger partial charge in [-0.3, -0.25) is 9.59 Å². The van der Waals surface area contributed by atoms with E-state index in [9.17, 15) is 19.2 Å². The van der Waals surface area contributed by atoms with Gasteiger partial charge in [0.1, 0.15) is 11.3 Å². The lowest BCUT2D eigenvalue weighted by Crippen LogP contribution is -2.30. The quantitative estimate of drug-likeness (QED) is 0.652. The van der Waals surface area contributed by atoms with Gasteiger partial charge in [-0.25, -0.2) is 9.59 Å². The van der Waals surface area contributed by atoms with Crippen molar-refractivity contribution in [1.29, 1.82) is 0 Å². The second-order valence-corrected chi connectivity index (χ2v) is 5.85. The predicted molar refractivity (Wildman–Crippen MR) is 94.4 cm³/mol. The van der Waals surface area contributed by atoms with Crippen molar-refractivity contribution in [1.82, 2.24) is 0 Å². The number of amides is 1. The van der Waals surface area contributed by atoms with Gasteiger partial charge in [0.2, 0.25) is 0 Å². The molecule has 0 aliphatic carbocycles. The second-order valence-electron chi connectivity index (χ2n) is 5.85. The average molecular weight is 357 g/mol. The molecule has 1 aromatic heterocycles. The van der Waals surface area contributed by atoms with Crippen LogP contribution in [0.25, 0.3) is 0 Å². The molecule has 7 nitrogen and oxygen atoms in total. The van der Waals surface area contributed by atoms with E-state index in [0.717, 1.165) is 0 Å². The standard InChI is InChI=1S/C19H19NO6/c1-10-8-16(22)25-12(3)17(10)19(24)26-13(4)18(23)20-15-7-5-6-14(9-15)11(2)21/h5-9,13H,1-4H3,(H,20,23). The summed E-state index contributed by atoms with van der Waals surface area (Å²) in [7, 11) is 0. The number of ketones is 1. The molecule has 0 radical (unpaired) electrons. The Hall–Kier alpha value is -3.22. The number of Topliss-reactive ketones (excluding diaryl/α,β-unsaturated/α-hetero) is 1. The zero-order chi connectivity index (χ0) is 19.4. The largest absolute Gasteiger partial charge is 0.449 e. The third-order valence-electron chi connectivity index (χ3n) is 3.73. The summed E-state index contributed by atoms with van der Waals surface area (Å²) in [6, 6.07) is 7.62. The molecule has 0 saturated carbocycles. The van der Waals surface area contributed by atoms with Gasteiger partial charge >= 0.3 is 11.6 Å². The smallest absolute Gasteiger partial charge is 0.342 e. The van der Waals surface area contributed by atoms with Crippen molar-refractivity contribution in [2.45, 2.75) is 33.8 Å². The minimum absolute atomic E-state index is 0.114. The molecule has 0 saturated heterocycles. The summed E-state index contributed by atoms with van der Waals surface area (Å²) in [6.07, 6.45) is -1.09. The van der Waals surface area contributed by atoms with Crippen LogP contribution in [0.5, 0.6) is 0 Å². The summed E-state index contributed by atoms with van der Waals surface area (Å²) >= 11 is 0. The van der Waals surface area contributed by atoms with Crippen LogP contribution in [0.2, 0.25) is 0 Å². The number of nitrogens with one attached hydrogen (secondary N) is 1. The highest BCUT2D eigenvalue weighted by atomic mass is 16.5. The van der Waals surface area contributed by atoms with Crippen LogP contribution in [-0.4, -0.2) is 23.8 Å². The molecule has 0 fully saturated rings. The number of carbonyl (C=O) groups is 3. The number of rotatable bonds is 5. The Morgan fingerprint density at radius 3 is 2.46 bits per heavy atom. The molecule has 0 aliphatic heterocycles. The highest BCUT2D eigenvalue weighted by Gasteiger charge is 2.23. The first-order valence-corrected chi connectivity index (χ1v) is 7.93. The van der Waals surface area contributed by atoms with E-state index in [-0.39, 0.29) is 17.1 Å². The molecule has 2 rings (SSSR count). The number of aryl methyl sites for hydroxylation is 2. The van der Waals surface area contributed by atoms with Gasteiger partial charge in [-0.05, 0) is 45.4 Å². The van der Waals surface area contributed by atoms with E-state index in [0.29, 0.717) is 16.8 Å². The maximum absolute atomic E-state index is 12.3. The predicted octanol–water partition coefficient (Wildman–Crippen LogP) is 2.64. The van der Waals surface area contributed by atoms with Crippen molar-refractivity contribution >= 4 is 23.3 Å². The van der Waals surface area contributed by atoms with E-state index in [4.69, 9.17) is 9.15 Å². The molecule has 0 spiro atoms. The van der Waals surface area contributed by atoms with E-state index in [1.807, 2.05) is 0 Å². The van der Waals surface area contributed by atoms with E-state index in [2.05, 4.69) is 5.32 Å². The van der Waals surface area contributed by atoms with Crippen LogP contribution in [0, 0.1) is 13.8 Å². The topological polar surface area (TPSA) is 103 Å². The van der Waals surface area contributed by atoms with Crippen molar-refractivity contribution in [3.63, 3.8) is 0 Å². The summed E-state index contributed by atoms with van der Waals surface area (Å²) in [5.74, 6) is -1.31. The summed E-state index contributed by atoms with van der Waals surface area (Å²) in [6.45, 7) is 5.90. The fourth-order valence-electron chi connectivity index (χ4n) is 2.40. The molecule has 26 heavy (non-hydrogen) atoms. The lowest BCUT2D eigenvalue weighted by Gasteiger charge is -2.15. The molecule has 7 heteroatoms. The van der Waals surface area contributed by atoms with Crippen LogP contribution in [0.15, 0.2) is 39.5 Å². The molecule has 1 unspecified atom stereocenters. The zero-order valence-electron chi connectivity index (χ0n) is 14.9. The van der Waals surface area contributed by atoms with Gasteiger partial charge in [-0.2, -0.15) is 0 Å². The van der Waals surface area contributed by atoms with Gasteiger partial charge < -0.3 is 14.5 Å². The number of benzene rings is 1. The van der Waals surface area contributed by atoms with E-state index >= 15 is 0 Å². The van der Waals surface area contributed by atoms with Crippen LogP contribution in [-0.2, 0) is 9.53 Å². The first kappa shape index (κ1) is 19.1. The molecule has 136 valence electrons. The fourth-order valence-corrected chi connectivity index (χ4v) is 2.40. The molecule has 1 N–H and O–H groups in total. The minimum atomic E-state index is -1.09. The lowest BCUT2D eigenvalue weighted by atomic mass is 10.1. The SMILES string of the molecule is CC(=O)c1cccc(NC(=O)C(C)OC(=O)c2c(C)cc(=O)oc2C)c1. The number of anilines is 1. The molecule has 0 bridgehead atoms. The zero-order valence-corrected chi connectivity index (χ0v) is 14.9. The first-order chi connectivity index (χ1) is 12.2. The van der Waals surface area contributed by atoms with Crippen molar-refractivity contribution in [3.8, 4) is 0 Å². The molecule has 0 aliphatic rings. The Morgan fingerprint density at radius 1 is 1.15 bits per heavy atom. The number of carbonyl (C=O) groups excluding carboxylic acids is 3. The van der Waals surface area contributed by atoms with Crippen LogP contribution in [0.3, 0.4) is 0 Å². The van der Waals surface area contributed by atoms with E-state index in [1.165, 1.54) is 32.9 Å². The van der Waals surface area contributed by atoms with Crippen molar-refractivity contribution in [2.24, 2.45) is 0 Å². The first-order valence-electron chi connectivity index (χ1n) is 7.93. The van der Waals surface area contributed by atoms with E-state index in [1.54, 1.807) is 25.1 Å². The Morgan fingerprint density at radius 2 is 1.85 bits per heavy atom. The normalized spacial score (nSPS) is 11.5. The monoisotopic (exact) mass is 357 g/mol. The second kappa shape index (κ2) is 7.77. The lowest BCUT2D eigenvalue weighted by molar-refractivity contribution is -0.123. The van der Waals surface area contributed by atoms with Crippen molar-refractivity contribution in [2.75, 3.05) is 5.32 Å². The summed E-state index contributed by atoms with van der Waals surface area (Å²) < 4.78 is 10.1. The number of esters is 1. The Bertz CT molecular complexity index is 902. The van der Waals surface area contributed by atoms with Crippen LogP contribution in [0.4, 0.5) is 5.69 Å². The maximum atomic E-state index is 12.3. The summed E-state index contributed by atoms with van der Waals surface area (Å²) in [5, 5.41) is 2.59. The van der Waals surface area contributed by atoms with Gasteiger partial charge in [0.25, 0.3) is 5.91 Å². The number of ether oxygens (including phenoxy) is 1. The molecule has 2 aromatic rings. The number of hydrogen-bond acceptors (Lipinski definition) is 6. The Kier molecular flexibility index (Phi) is 5.71. The van der Waals surface area contributed by atoms with Gasteiger partial charge in [0.15, 0.2) is 11.9 Å². The molecule has 1 heterocycles. The average Bonchev–Trinajstić information content (AvgIpc) is 2.53. The van der Waals surface area contributed by atoms with E-state index < -0.39 is 23.6 Å². The summed E-state index contributed by atoms with van der Waals surface area (Å²) in [5.41, 5.74) is 0.836. The minimum Gasteiger partial charge on any atom is -0.449 e. The Balaban J connectivity index is 2.10. The molecule has 1 amide bonds. The molecular weight excluding hydrogens is 338 g/mol. The highest BCUT2D eigenvalue weighted by molar-refractivity contribution is 5.99. The molecular formula is C19H19NO6. The highest BCUT2D eigenvalue weighted by Crippen LogP contribution is 2.15. The fraction of sp³-hybridized carbons (Fsp3) is 0.263. The molecule has 1 atom stereocenters. The van der Waals surface area contributed by atoms with Gasteiger partial charge in [-0.1, -0.05) is 12.1 Å². The Labute approximate surface area is 150 Å². The van der Waals surface area contributed by atoms with Crippen molar-refractivity contribution in [3.05, 3.63) is 63.2 Å². The third-order valence-corrected chi connectivity index (χ3v) is 3.73. The number of hydrogen-bond donors (Lipinski definition) is 1. The summed E-state index contributed by atoms with van der Waals surface area (Å²) in [4.78, 5) is 47.2.